The Morgan fingerprint density at radius 1 is 0.917 bits per heavy atom. The number of nitrogens with zero attached hydrogens (tertiary/aromatic N) is 1. The summed E-state index contributed by atoms with van der Waals surface area (Å²) < 4.78 is 11.5. The summed E-state index contributed by atoms with van der Waals surface area (Å²) in [5, 5.41) is 0. The number of para-hydroxylation sites is 1. The van der Waals surface area contributed by atoms with Crippen LogP contribution in [0.15, 0.2) is 60.7 Å². The van der Waals surface area contributed by atoms with E-state index in [1.54, 1.807) is 0 Å². The lowest BCUT2D eigenvalue weighted by Gasteiger charge is -2.32. The van der Waals surface area contributed by atoms with Gasteiger partial charge in [0.25, 0.3) is 5.91 Å². The zero-order valence-corrected chi connectivity index (χ0v) is 13.8. The molecule has 3 rings (SSSR count). The van der Waals surface area contributed by atoms with Gasteiger partial charge in [0, 0.05) is 18.7 Å². The van der Waals surface area contributed by atoms with Crippen LogP contribution in [0.5, 0.6) is 5.75 Å². The van der Waals surface area contributed by atoms with Gasteiger partial charge in [-0.2, -0.15) is 0 Å². The Bertz CT molecular complexity index is 622. The van der Waals surface area contributed by atoms with E-state index in [4.69, 9.17) is 9.47 Å². The van der Waals surface area contributed by atoms with Crippen LogP contribution < -0.4 is 4.74 Å². The Morgan fingerprint density at radius 3 is 2.21 bits per heavy atom. The first-order valence-corrected chi connectivity index (χ1v) is 8.47. The molecule has 1 aliphatic heterocycles. The molecule has 0 spiro atoms. The molecule has 4 nitrogen and oxygen atoms in total. The van der Waals surface area contributed by atoms with Crippen molar-refractivity contribution in [2.24, 2.45) is 0 Å². The summed E-state index contributed by atoms with van der Waals surface area (Å²) in [7, 11) is 0. The smallest absolute Gasteiger partial charge is 0.253 e. The highest BCUT2D eigenvalue weighted by molar-refractivity contribution is 5.94. The van der Waals surface area contributed by atoms with Crippen molar-refractivity contribution in [2.45, 2.75) is 18.9 Å². The van der Waals surface area contributed by atoms with Crippen molar-refractivity contribution < 1.29 is 14.3 Å². The number of likely N-dealkylation sites (tertiary alicyclic amines) is 1. The quantitative estimate of drug-likeness (QED) is 0.764. The number of rotatable bonds is 6. The average molecular weight is 325 g/mol. The zero-order chi connectivity index (χ0) is 16.6. The van der Waals surface area contributed by atoms with Gasteiger partial charge in [-0.25, -0.2) is 0 Å². The maximum atomic E-state index is 12.4. The second kappa shape index (κ2) is 8.50. The zero-order valence-electron chi connectivity index (χ0n) is 13.8. The molecule has 0 N–H and O–H groups in total. The van der Waals surface area contributed by atoms with Crippen LogP contribution in [-0.4, -0.2) is 43.2 Å². The molecule has 0 radical (unpaired) electrons. The molecule has 1 aliphatic rings. The molecule has 1 fully saturated rings. The number of amides is 1. The minimum Gasteiger partial charge on any atom is -0.491 e. The van der Waals surface area contributed by atoms with Crippen molar-refractivity contribution in [3.8, 4) is 5.75 Å². The van der Waals surface area contributed by atoms with Gasteiger partial charge < -0.3 is 14.4 Å². The van der Waals surface area contributed by atoms with Gasteiger partial charge in [-0.15, -0.1) is 0 Å². The lowest BCUT2D eigenvalue weighted by atomic mass is 10.1. The van der Waals surface area contributed by atoms with Crippen LogP contribution in [0, 0.1) is 0 Å². The summed E-state index contributed by atoms with van der Waals surface area (Å²) in [6.45, 7) is 2.62. The van der Waals surface area contributed by atoms with Gasteiger partial charge in [-0.1, -0.05) is 36.4 Å². The summed E-state index contributed by atoms with van der Waals surface area (Å²) in [6.07, 6.45) is 1.97. The first kappa shape index (κ1) is 16.5. The topological polar surface area (TPSA) is 38.8 Å². The van der Waals surface area contributed by atoms with Crippen molar-refractivity contribution in [2.75, 3.05) is 26.3 Å². The van der Waals surface area contributed by atoms with Gasteiger partial charge in [0.05, 0.1) is 12.7 Å². The molecule has 1 amide bonds. The Labute approximate surface area is 143 Å². The van der Waals surface area contributed by atoms with Gasteiger partial charge in [0.15, 0.2) is 0 Å². The highest BCUT2D eigenvalue weighted by atomic mass is 16.5. The molecule has 24 heavy (non-hydrogen) atoms. The third kappa shape index (κ3) is 4.59. The van der Waals surface area contributed by atoms with E-state index in [1.165, 1.54) is 0 Å². The Hall–Kier alpha value is -2.33. The molecule has 0 atom stereocenters. The lowest BCUT2D eigenvalue weighted by Crippen LogP contribution is -2.41. The van der Waals surface area contributed by atoms with Gasteiger partial charge >= 0.3 is 0 Å². The molecular formula is C20H23NO3. The van der Waals surface area contributed by atoms with Crippen molar-refractivity contribution in [3.63, 3.8) is 0 Å². The van der Waals surface area contributed by atoms with Gasteiger partial charge in [0.2, 0.25) is 0 Å². The largest absolute Gasteiger partial charge is 0.491 e. The third-order valence-electron chi connectivity index (χ3n) is 4.20. The minimum atomic E-state index is 0.112. The predicted molar refractivity (Wildman–Crippen MR) is 93.3 cm³/mol. The van der Waals surface area contributed by atoms with Crippen LogP contribution >= 0.6 is 0 Å². The first-order valence-electron chi connectivity index (χ1n) is 8.47. The van der Waals surface area contributed by atoms with Gasteiger partial charge in [-0.3, -0.25) is 4.79 Å². The third-order valence-corrected chi connectivity index (χ3v) is 4.20. The van der Waals surface area contributed by atoms with Gasteiger partial charge in [0.1, 0.15) is 12.4 Å². The van der Waals surface area contributed by atoms with Crippen molar-refractivity contribution in [1.29, 1.82) is 0 Å². The molecule has 1 saturated heterocycles. The van der Waals surface area contributed by atoms with E-state index in [1.807, 2.05) is 65.6 Å². The normalized spacial score (nSPS) is 15.2. The van der Waals surface area contributed by atoms with Crippen LogP contribution in [0.25, 0.3) is 0 Å². The molecule has 0 saturated carbocycles. The van der Waals surface area contributed by atoms with E-state index in [0.29, 0.717) is 13.2 Å². The molecule has 4 heteroatoms. The Balaban J connectivity index is 1.36. The van der Waals surface area contributed by atoms with Crippen LogP contribution in [-0.2, 0) is 4.74 Å². The van der Waals surface area contributed by atoms with E-state index in [-0.39, 0.29) is 12.0 Å². The fourth-order valence-electron chi connectivity index (χ4n) is 2.88. The summed E-state index contributed by atoms with van der Waals surface area (Å²) >= 11 is 0. The van der Waals surface area contributed by atoms with E-state index < -0.39 is 0 Å². The monoisotopic (exact) mass is 325 g/mol. The molecule has 2 aromatic rings. The van der Waals surface area contributed by atoms with Crippen molar-refractivity contribution >= 4 is 5.91 Å². The second-order valence-electron chi connectivity index (χ2n) is 5.89. The fourth-order valence-corrected chi connectivity index (χ4v) is 2.88. The van der Waals surface area contributed by atoms with Crippen LogP contribution in [0.4, 0.5) is 0 Å². The highest BCUT2D eigenvalue weighted by Gasteiger charge is 2.23. The summed E-state index contributed by atoms with van der Waals surface area (Å²) in [5.41, 5.74) is 0.758. The number of carbonyl (C=O) groups is 1. The van der Waals surface area contributed by atoms with E-state index in [0.717, 1.165) is 37.2 Å². The number of hydrogen-bond acceptors (Lipinski definition) is 3. The highest BCUT2D eigenvalue weighted by Crippen LogP contribution is 2.16. The molecule has 126 valence electrons. The number of carbonyl (C=O) groups excluding carboxylic acids is 1. The van der Waals surface area contributed by atoms with Crippen LogP contribution in [0.1, 0.15) is 23.2 Å². The predicted octanol–water partition coefficient (Wildman–Crippen LogP) is 3.39. The van der Waals surface area contributed by atoms with E-state index in [2.05, 4.69) is 0 Å². The van der Waals surface area contributed by atoms with Crippen LogP contribution in [0.3, 0.4) is 0 Å². The van der Waals surface area contributed by atoms with Crippen molar-refractivity contribution in [3.05, 3.63) is 66.2 Å². The Morgan fingerprint density at radius 2 is 1.54 bits per heavy atom. The maximum absolute atomic E-state index is 12.4. The molecule has 0 aromatic heterocycles. The molecule has 1 heterocycles. The lowest BCUT2D eigenvalue weighted by molar-refractivity contribution is -0.00238. The maximum Gasteiger partial charge on any atom is 0.253 e. The molecule has 0 unspecified atom stereocenters. The summed E-state index contributed by atoms with van der Waals surface area (Å²) in [4.78, 5) is 14.3. The average Bonchev–Trinajstić information content (AvgIpc) is 2.67. The number of hydrogen-bond donors (Lipinski definition) is 0. The molecule has 0 bridgehead atoms. The molecule has 0 aliphatic carbocycles. The number of ether oxygens (including phenoxy) is 2. The standard InChI is InChI=1S/C20H23NO3/c22-20(17-7-3-1-4-8-17)21-13-11-19(12-14-21)24-16-15-23-18-9-5-2-6-10-18/h1-10,19H,11-16H2. The Kier molecular flexibility index (Phi) is 5.85. The number of piperidine rings is 1. The minimum absolute atomic E-state index is 0.112. The first-order chi connectivity index (χ1) is 11.8. The SMILES string of the molecule is O=C(c1ccccc1)N1CCC(OCCOc2ccccc2)CC1. The molecule has 2 aromatic carbocycles. The fraction of sp³-hybridized carbons (Fsp3) is 0.350. The number of benzene rings is 2. The summed E-state index contributed by atoms with van der Waals surface area (Å²) in [6, 6.07) is 19.2. The van der Waals surface area contributed by atoms with Gasteiger partial charge in [-0.05, 0) is 37.1 Å². The van der Waals surface area contributed by atoms with Crippen molar-refractivity contribution in [1.82, 2.24) is 4.90 Å². The van der Waals surface area contributed by atoms with Crippen LogP contribution in [0.2, 0.25) is 0 Å². The molecular weight excluding hydrogens is 302 g/mol. The second-order valence-corrected chi connectivity index (χ2v) is 5.89. The van der Waals surface area contributed by atoms with E-state index in [9.17, 15) is 4.79 Å². The van der Waals surface area contributed by atoms with E-state index >= 15 is 0 Å². The summed E-state index contributed by atoms with van der Waals surface area (Å²) in [5.74, 6) is 0.978.